The zero-order chi connectivity index (χ0) is 23.5. The van der Waals surface area contributed by atoms with Crippen LogP contribution in [0.3, 0.4) is 0 Å². The van der Waals surface area contributed by atoms with Crippen molar-refractivity contribution < 1.29 is 9.47 Å². The number of H-pyrrole nitrogens is 1. The van der Waals surface area contributed by atoms with Gasteiger partial charge >= 0.3 is 0 Å². The Balaban J connectivity index is 1.25. The molecule has 1 saturated heterocycles. The Labute approximate surface area is 205 Å². The van der Waals surface area contributed by atoms with Gasteiger partial charge in [-0.05, 0) is 61.6 Å². The molecule has 0 bridgehead atoms. The van der Waals surface area contributed by atoms with Crippen LogP contribution in [0.25, 0.3) is 10.9 Å². The molecule has 2 aliphatic rings. The minimum absolute atomic E-state index is 0.525. The molecule has 1 aliphatic carbocycles. The first-order valence-corrected chi connectivity index (χ1v) is 12.6. The third kappa shape index (κ3) is 4.95. The average molecular weight is 470 g/mol. The summed E-state index contributed by atoms with van der Waals surface area (Å²) in [6.45, 7) is 3.60. The Hall–Kier alpha value is -3.58. The maximum atomic E-state index is 6.10. The number of aryl methyl sites for hydroxylation is 2. The van der Waals surface area contributed by atoms with Gasteiger partial charge in [-0.25, -0.2) is 0 Å². The molecule has 7 nitrogen and oxygen atoms in total. The molecule has 4 heterocycles. The van der Waals surface area contributed by atoms with E-state index in [4.69, 9.17) is 14.5 Å². The van der Waals surface area contributed by atoms with Gasteiger partial charge in [0.1, 0.15) is 5.82 Å². The number of aromatic amines is 1. The van der Waals surface area contributed by atoms with E-state index in [0.29, 0.717) is 25.7 Å². The number of ether oxygens (including phenoxy) is 2. The number of hydrogen-bond acceptors (Lipinski definition) is 6. The van der Waals surface area contributed by atoms with E-state index in [9.17, 15) is 0 Å². The van der Waals surface area contributed by atoms with E-state index in [1.807, 2.05) is 30.5 Å². The maximum Gasteiger partial charge on any atom is 0.217 e. The van der Waals surface area contributed by atoms with Crippen molar-refractivity contribution >= 4 is 28.1 Å². The van der Waals surface area contributed by atoms with Gasteiger partial charge in [-0.15, -0.1) is 0 Å². The van der Waals surface area contributed by atoms with Crippen molar-refractivity contribution in [1.29, 1.82) is 0 Å². The number of nitrogens with zero attached hydrogens (tertiary/aromatic N) is 3. The van der Waals surface area contributed by atoms with Gasteiger partial charge in [0, 0.05) is 71.5 Å². The highest BCUT2D eigenvalue weighted by atomic mass is 16.5. The molecule has 1 aromatic carbocycles. The summed E-state index contributed by atoms with van der Waals surface area (Å²) in [7, 11) is 0. The molecule has 7 heteroatoms. The molecule has 0 spiro atoms. The van der Waals surface area contributed by atoms with Gasteiger partial charge in [0.25, 0.3) is 0 Å². The highest BCUT2D eigenvalue weighted by molar-refractivity contribution is 5.88. The summed E-state index contributed by atoms with van der Waals surface area (Å²) >= 11 is 0. The van der Waals surface area contributed by atoms with Crippen LogP contribution >= 0.6 is 0 Å². The third-order valence-corrected chi connectivity index (χ3v) is 6.84. The molecular formula is C28H31N5O2. The quantitative estimate of drug-likeness (QED) is 0.395. The third-order valence-electron chi connectivity index (χ3n) is 6.84. The molecule has 0 amide bonds. The van der Waals surface area contributed by atoms with Crippen molar-refractivity contribution in [2.45, 2.75) is 32.1 Å². The smallest absolute Gasteiger partial charge is 0.217 e. The normalized spacial score (nSPS) is 15.7. The number of rotatable bonds is 7. The summed E-state index contributed by atoms with van der Waals surface area (Å²) in [6, 6.07) is 16.6. The number of aromatic nitrogens is 3. The summed E-state index contributed by atoms with van der Waals surface area (Å²) in [5, 5.41) is 4.95. The van der Waals surface area contributed by atoms with Crippen LogP contribution in [0.1, 0.15) is 29.8 Å². The van der Waals surface area contributed by atoms with Gasteiger partial charge in [0.05, 0.1) is 19.8 Å². The molecule has 3 aromatic heterocycles. The van der Waals surface area contributed by atoms with Crippen molar-refractivity contribution in [2.24, 2.45) is 0 Å². The van der Waals surface area contributed by atoms with Crippen LogP contribution in [0.15, 0.2) is 54.7 Å². The predicted octanol–water partition coefficient (Wildman–Crippen LogP) is 5.04. The first-order valence-electron chi connectivity index (χ1n) is 12.6. The lowest BCUT2D eigenvalue weighted by Gasteiger charge is -2.28. The molecule has 6 rings (SSSR count). The molecule has 1 fully saturated rings. The van der Waals surface area contributed by atoms with Crippen molar-refractivity contribution in [3.05, 3.63) is 71.7 Å². The largest absolute Gasteiger partial charge is 0.477 e. The summed E-state index contributed by atoms with van der Waals surface area (Å²) in [6.07, 6.45) is 7.40. The second-order valence-corrected chi connectivity index (χ2v) is 9.25. The standard InChI is InChI=1S/C28H31N5O2/c1-2-7-25-23(6-1)24-17-21(8-9-26(24)31-25)30-22-18-27(33-12-15-34-16-13-33)32-28(19-22)35-14-10-20-5-3-4-11-29-20/h3-5,8-9,11,17-19,31H,1-2,6-7,10,12-16H2,(H,30,32). The Morgan fingerprint density at radius 2 is 1.91 bits per heavy atom. The van der Waals surface area contributed by atoms with E-state index in [1.54, 1.807) is 0 Å². The Kier molecular flexibility index (Phi) is 6.24. The fourth-order valence-electron chi connectivity index (χ4n) is 5.05. The minimum atomic E-state index is 0.525. The maximum absolute atomic E-state index is 6.10. The lowest BCUT2D eigenvalue weighted by molar-refractivity contribution is 0.122. The Morgan fingerprint density at radius 3 is 2.80 bits per heavy atom. The van der Waals surface area contributed by atoms with Crippen molar-refractivity contribution in [2.75, 3.05) is 43.1 Å². The van der Waals surface area contributed by atoms with Crippen LogP contribution in [0, 0.1) is 0 Å². The van der Waals surface area contributed by atoms with E-state index in [1.165, 1.54) is 35.0 Å². The monoisotopic (exact) mass is 469 g/mol. The molecule has 0 unspecified atom stereocenters. The fraction of sp³-hybridized carbons (Fsp3) is 0.357. The van der Waals surface area contributed by atoms with E-state index in [-0.39, 0.29) is 0 Å². The molecule has 180 valence electrons. The Bertz CT molecular complexity index is 1300. The summed E-state index contributed by atoms with van der Waals surface area (Å²) < 4.78 is 11.6. The predicted molar refractivity (Wildman–Crippen MR) is 139 cm³/mol. The summed E-state index contributed by atoms with van der Waals surface area (Å²) in [5.41, 5.74) is 7.17. The van der Waals surface area contributed by atoms with Crippen molar-refractivity contribution in [3.8, 4) is 5.88 Å². The number of pyridine rings is 2. The second kappa shape index (κ2) is 9.96. The van der Waals surface area contributed by atoms with E-state index >= 15 is 0 Å². The second-order valence-electron chi connectivity index (χ2n) is 9.25. The van der Waals surface area contributed by atoms with Gasteiger partial charge in [-0.3, -0.25) is 4.98 Å². The van der Waals surface area contributed by atoms with Crippen LogP contribution in [0.4, 0.5) is 17.2 Å². The first kappa shape index (κ1) is 21.9. The first-order chi connectivity index (χ1) is 17.3. The van der Waals surface area contributed by atoms with Gasteiger partial charge in [0.15, 0.2) is 0 Å². The van der Waals surface area contributed by atoms with Crippen molar-refractivity contribution in [1.82, 2.24) is 15.0 Å². The van der Waals surface area contributed by atoms with Crippen molar-refractivity contribution in [3.63, 3.8) is 0 Å². The minimum Gasteiger partial charge on any atom is -0.477 e. The van der Waals surface area contributed by atoms with E-state index in [0.717, 1.165) is 55.2 Å². The topological polar surface area (TPSA) is 75.3 Å². The number of anilines is 3. The van der Waals surface area contributed by atoms with E-state index < -0.39 is 0 Å². The zero-order valence-corrected chi connectivity index (χ0v) is 19.9. The Morgan fingerprint density at radius 1 is 1.00 bits per heavy atom. The lowest BCUT2D eigenvalue weighted by atomic mass is 9.95. The molecule has 0 saturated carbocycles. The molecule has 0 atom stereocenters. The number of nitrogens with one attached hydrogen (secondary N) is 2. The number of hydrogen-bond donors (Lipinski definition) is 2. The molecule has 2 N–H and O–H groups in total. The summed E-state index contributed by atoms with van der Waals surface area (Å²) in [4.78, 5) is 15.1. The SMILES string of the molecule is c1ccc(CCOc2cc(Nc3ccc4[nH]c5c(c4c3)CCCC5)cc(N3CCOCC3)n2)nc1. The summed E-state index contributed by atoms with van der Waals surface area (Å²) in [5.74, 6) is 1.53. The zero-order valence-electron chi connectivity index (χ0n) is 19.9. The highest BCUT2D eigenvalue weighted by Gasteiger charge is 2.17. The van der Waals surface area contributed by atoms with E-state index in [2.05, 4.69) is 44.5 Å². The van der Waals surface area contributed by atoms with Gasteiger partial charge in [0.2, 0.25) is 5.88 Å². The van der Waals surface area contributed by atoms with Crippen LogP contribution in [-0.2, 0) is 24.0 Å². The van der Waals surface area contributed by atoms with Gasteiger partial charge < -0.3 is 24.7 Å². The molecule has 35 heavy (non-hydrogen) atoms. The molecule has 0 radical (unpaired) electrons. The molecule has 1 aliphatic heterocycles. The number of morpholine rings is 1. The highest BCUT2D eigenvalue weighted by Crippen LogP contribution is 2.33. The van der Waals surface area contributed by atoms with Gasteiger partial charge in [-0.2, -0.15) is 4.98 Å². The number of benzene rings is 1. The number of fused-ring (bicyclic) bond motifs is 3. The van der Waals surface area contributed by atoms with Crippen LogP contribution in [0.5, 0.6) is 5.88 Å². The fourth-order valence-corrected chi connectivity index (χ4v) is 5.05. The van der Waals surface area contributed by atoms with Crippen LogP contribution in [-0.4, -0.2) is 47.9 Å². The molecular weight excluding hydrogens is 438 g/mol. The van der Waals surface area contributed by atoms with Crippen LogP contribution in [0.2, 0.25) is 0 Å². The average Bonchev–Trinajstić information content (AvgIpc) is 3.28. The van der Waals surface area contributed by atoms with Crippen LogP contribution < -0.4 is 15.0 Å². The van der Waals surface area contributed by atoms with Gasteiger partial charge in [-0.1, -0.05) is 6.07 Å². The molecule has 4 aromatic rings. The lowest BCUT2D eigenvalue weighted by Crippen LogP contribution is -2.36.